The number of rotatable bonds is 11. The van der Waals surface area contributed by atoms with Crippen LogP contribution in [0.3, 0.4) is 0 Å². The average Bonchev–Trinajstić information content (AvgIpc) is 2.79. The van der Waals surface area contributed by atoms with E-state index in [4.69, 9.17) is 18.9 Å². The van der Waals surface area contributed by atoms with Crippen LogP contribution in [-0.2, 0) is 19.8 Å². The first-order chi connectivity index (χ1) is 14.7. The van der Waals surface area contributed by atoms with Crippen LogP contribution in [0.1, 0.15) is 30.5 Å². The van der Waals surface area contributed by atoms with E-state index in [2.05, 4.69) is 0 Å². The van der Waals surface area contributed by atoms with Crippen LogP contribution in [0.2, 0.25) is 0 Å². The van der Waals surface area contributed by atoms with Crippen LogP contribution in [0, 0.1) is 0 Å². The lowest BCUT2D eigenvalue weighted by Crippen LogP contribution is -2.02. The summed E-state index contributed by atoms with van der Waals surface area (Å²) in [7, 11) is 0. The molecule has 0 aliphatic rings. The molecule has 0 heterocycles. The summed E-state index contributed by atoms with van der Waals surface area (Å²) >= 11 is 0. The maximum atomic E-state index is 9.47. The Morgan fingerprint density at radius 3 is 1.50 bits per heavy atom. The third-order valence-electron chi connectivity index (χ3n) is 4.45. The maximum absolute atomic E-state index is 9.47. The van der Waals surface area contributed by atoms with Crippen molar-refractivity contribution in [1.82, 2.24) is 0 Å². The second-order valence-corrected chi connectivity index (χ2v) is 6.67. The largest absolute Gasteiger partial charge is 0.494 e. The van der Waals surface area contributed by atoms with Gasteiger partial charge in [-0.1, -0.05) is 30.3 Å². The lowest BCUT2D eigenvalue weighted by atomic mass is 10.2. The zero-order valence-electron chi connectivity index (χ0n) is 17.5. The van der Waals surface area contributed by atoms with Gasteiger partial charge in [0.15, 0.2) is 11.5 Å². The molecule has 0 amide bonds. The van der Waals surface area contributed by atoms with Gasteiger partial charge in [-0.2, -0.15) is 0 Å². The lowest BCUT2D eigenvalue weighted by Gasteiger charge is -2.14. The number of aliphatic hydroxyl groups is 1. The van der Waals surface area contributed by atoms with Gasteiger partial charge in [-0.15, -0.1) is 0 Å². The Bertz CT molecular complexity index is 904. The predicted molar refractivity (Wildman–Crippen MR) is 116 cm³/mol. The fourth-order valence-corrected chi connectivity index (χ4v) is 2.90. The molecule has 0 aromatic heterocycles. The van der Waals surface area contributed by atoms with Gasteiger partial charge in [0.1, 0.15) is 24.7 Å². The van der Waals surface area contributed by atoms with E-state index in [1.165, 1.54) is 0 Å². The Labute approximate surface area is 177 Å². The van der Waals surface area contributed by atoms with E-state index in [1.54, 1.807) is 0 Å². The molecule has 0 aliphatic heterocycles. The first-order valence-corrected chi connectivity index (χ1v) is 10.1. The molecule has 3 aromatic carbocycles. The summed E-state index contributed by atoms with van der Waals surface area (Å²) in [6, 6.07) is 21.1. The van der Waals surface area contributed by atoms with E-state index < -0.39 is 0 Å². The Hall–Kier alpha value is -3.18. The molecule has 0 saturated carbocycles. The van der Waals surface area contributed by atoms with E-state index in [1.807, 2.05) is 80.6 Å². The fourth-order valence-electron chi connectivity index (χ4n) is 2.90. The summed E-state index contributed by atoms with van der Waals surface area (Å²) in [6.45, 7) is 5.94. The average molecular weight is 408 g/mol. The Morgan fingerprint density at radius 2 is 1.03 bits per heavy atom. The summed E-state index contributed by atoms with van der Waals surface area (Å²) in [5.74, 6) is 2.91. The van der Waals surface area contributed by atoms with Gasteiger partial charge < -0.3 is 24.1 Å². The summed E-state index contributed by atoms with van der Waals surface area (Å²) < 4.78 is 22.9. The molecule has 3 aromatic rings. The summed E-state index contributed by atoms with van der Waals surface area (Å²) in [4.78, 5) is 0. The van der Waals surface area contributed by atoms with Crippen molar-refractivity contribution in [3.05, 3.63) is 83.4 Å². The number of hydrogen-bond acceptors (Lipinski definition) is 5. The predicted octanol–water partition coefficient (Wildman–Crippen LogP) is 5.13. The highest BCUT2D eigenvalue weighted by molar-refractivity contribution is 5.43. The molecule has 0 atom stereocenters. The summed E-state index contributed by atoms with van der Waals surface area (Å²) in [6.07, 6.45) is 0. The van der Waals surface area contributed by atoms with Crippen molar-refractivity contribution < 1.29 is 24.1 Å². The van der Waals surface area contributed by atoms with Crippen molar-refractivity contribution in [3.63, 3.8) is 0 Å². The van der Waals surface area contributed by atoms with E-state index in [0.717, 1.165) is 28.2 Å². The third-order valence-corrected chi connectivity index (χ3v) is 4.45. The van der Waals surface area contributed by atoms with Crippen LogP contribution in [0.15, 0.2) is 66.7 Å². The monoisotopic (exact) mass is 408 g/mol. The minimum absolute atomic E-state index is 0.0570. The smallest absolute Gasteiger partial charge is 0.162 e. The van der Waals surface area contributed by atoms with E-state index in [0.29, 0.717) is 37.9 Å². The molecule has 5 heteroatoms. The van der Waals surface area contributed by atoms with Crippen LogP contribution in [0.4, 0.5) is 0 Å². The van der Waals surface area contributed by atoms with E-state index in [9.17, 15) is 5.11 Å². The molecular weight excluding hydrogens is 380 g/mol. The SMILES string of the molecule is CCOc1ccc(COc2ccc(CO)cc2OCc2ccc(OCC)cc2)cc1. The number of benzene rings is 3. The maximum Gasteiger partial charge on any atom is 0.162 e. The fraction of sp³-hybridized carbons (Fsp3) is 0.280. The second-order valence-electron chi connectivity index (χ2n) is 6.67. The van der Waals surface area contributed by atoms with Crippen LogP contribution in [-0.4, -0.2) is 18.3 Å². The van der Waals surface area contributed by atoms with Crippen molar-refractivity contribution in [1.29, 1.82) is 0 Å². The number of aliphatic hydroxyl groups excluding tert-OH is 1. The van der Waals surface area contributed by atoms with Crippen LogP contribution in [0.5, 0.6) is 23.0 Å². The molecular formula is C25H28O5. The standard InChI is InChI=1S/C25H28O5/c1-3-27-22-10-5-19(6-11-22)17-29-24-14-9-21(16-26)15-25(24)30-18-20-7-12-23(13-8-20)28-4-2/h5-15,26H,3-4,16-18H2,1-2H3. The Morgan fingerprint density at radius 1 is 0.567 bits per heavy atom. The van der Waals surface area contributed by atoms with Gasteiger partial charge in [0, 0.05) is 0 Å². The molecule has 1 N–H and O–H groups in total. The quantitative estimate of drug-likeness (QED) is 0.476. The third kappa shape index (κ3) is 6.16. The molecule has 0 aliphatic carbocycles. The zero-order chi connectivity index (χ0) is 21.2. The number of ether oxygens (including phenoxy) is 4. The minimum atomic E-state index is -0.0570. The van der Waals surface area contributed by atoms with E-state index in [-0.39, 0.29) is 6.61 Å². The molecule has 30 heavy (non-hydrogen) atoms. The topological polar surface area (TPSA) is 57.2 Å². The van der Waals surface area contributed by atoms with Crippen LogP contribution < -0.4 is 18.9 Å². The van der Waals surface area contributed by atoms with Gasteiger partial charge in [0.2, 0.25) is 0 Å². The van der Waals surface area contributed by atoms with Gasteiger partial charge in [-0.3, -0.25) is 0 Å². The summed E-state index contributed by atoms with van der Waals surface area (Å²) in [5, 5.41) is 9.47. The van der Waals surface area contributed by atoms with Gasteiger partial charge in [-0.05, 0) is 66.9 Å². The second kappa shape index (κ2) is 11.1. The van der Waals surface area contributed by atoms with Crippen molar-refractivity contribution in [2.75, 3.05) is 13.2 Å². The summed E-state index contributed by atoms with van der Waals surface area (Å²) in [5.41, 5.74) is 2.82. The van der Waals surface area contributed by atoms with Crippen molar-refractivity contribution in [2.24, 2.45) is 0 Å². The first kappa shape index (κ1) is 21.5. The van der Waals surface area contributed by atoms with Crippen molar-refractivity contribution >= 4 is 0 Å². The number of hydrogen-bond donors (Lipinski definition) is 1. The van der Waals surface area contributed by atoms with E-state index >= 15 is 0 Å². The van der Waals surface area contributed by atoms with Gasteiger partial charge in [0.05, 0.1) is 19.8 Å². The highest BCUT2D eigenvalue weighted by Crippen LogP contribution is 2.30. The molecule has 0 unspecified atom stereocenters. The normalized spacial score (nSPS) is 10.5. The molecule has 0 bridgehead atoms. The highest BCUT2D eigenvalue weighted by atomic mass is 16.5. The van der Waals surface area contributed by atoms with Gasteiger partial charge in [-0.25, -0.2) is 0 Å². The van der Waals surface area contributed by atoms with Crippen molar-refractivity contribution in [3.8, 4) is 23.0 Å². The van der Waals surface area contributed by atoms with Crippen LogP contribution >= 0.6 is 0 Å². The van der Waals surface area contributed by atoms with Gasteiger partial charge >= 0.3 is 0 Å². The Balaban J connectivity index is 1.65. The Kier molecular flexibility index (Phi) is 7.98. The molecule has 0 saturated heterocycles. The molecule has 3 rings (SSSR count). The lowest BCUT2D eigenvalue weighted by molar-refractivity contribution is 0.252. The molecule has 158 valence electrons. The molecule has 0 spiro atoms. The van der Waals surface area contributed by atoms with Crippen molar-refractivity contribution in [2.45, 2.75) is 33.7 Å². The first-order valence-electron chi connectivity index (χ1n) is 10.1. The molecule has 0 radical (unpaired) electrons. The van der Waals surface area contributed by atoms with Gasteiger partial charge in [0.25, 0.3) is 0 Å². The molecule has 0 fully saturated rings. The highest BCUT2D eigenvalue weighted by Gasteiger charge is 2.08. The minimum Gasteiger partial charge on any atom is -0.494 e. The zero-order valence-corrected chi connectivity index (χ0v) is 17.5. The molecule has 5 nitrogen and oxygen atoms in total. The van der Waals surface area contributed by atoms with Crippen LogP contribution in [0.25, 0.3) is 0 Å².